The number of rotatable bonds is 2. The minimum absolute atomic E-state index is 0.0830. The number of nitrogens with zero attached hydrogens (tertiary/aromatic N) is 2. The van der Waals surface area contributed by atoms with Crippen LogP contribution in [0.1, 0.15) is 12.0 Å². The number of quaternary nitrogens is 1. The standard InChI is InChI=1S/C21H24N2O4/c1-4-20-11-23(2,25)17-12-10-27-16(9-14(12)20)21(18(17)20)13-7-5-6-8-15(13)22(26-3)19(21)24/h4-8,12,14,16-18H,1,9-11H2,2-3H3/t12-,14+,16+,17+,18-,20-,21-,23+/m0/s1. The van der Waals surface area contributed by atoms with Gasteiger partial charge in [-0.05, 0) is 24.0 Å². The second-order valence-corrected chi connectivity index (χ2v) is 9.11. The van der Waals surface area contributed by atoms with Crippen LogP contribution in [0.2, 0.25) is 0 Å². The van der Waals surface area contributed by atoms with Gasteiger partial charge in [0.1, 0.15) is 5.41 Å². The number of carbonyl (C=O) groups is 1. The van der Waals surface area contributed by atoms with E-state index in [4.69, 9.17) is 9.57 Å². The lowest BCUT2D eigenvalue weighted by Crippen LogP contribution is -2.63. The molecule has 3 heterocycles. The van der Waals surface area contributed by atoms with E-state index in [0.29, 0.717) is 19.1 Å². The Morgan fingerprint density at radius 1 is 1.44 bits per heavy atom. The summed E-state index contributed by atoms with van der Waals surface area (Å²) in [5.74, 6) is 0.387. The van der Waals surface area contributed by atoms with E-state index in [1.165, 1.54) is 12.2 Å². The normalized spacial score (nSPS) is 51.3. The number of ether oxygens (including phenoxy) is 1. The number of hydroxylamine groups is 4. The molecule has 5 aliphatic rings. The monoisotopic (exact) mass is 368 g/mol. The van der Waals surface area contributed by atoms with Crippen molar-refractivity contribution < 1.29 is 19.0 Å². The van der Waals surface area contributed by atoms with E-state index in [2.05, 4.69) is 6.58 Å². The van der Waals surface area contributed by atoms with E-state index in [9.17, 15) is 10.0 Å². The molecule has 2 saturated carbocycles. The summed E-state index contributed by atoms with van der Waals surface area (Å²) in [4.78, 5) is 19.4. The van der Waals surface area contributed by atoms with Gasteiger partial charge in [0.15, 0.2) is 0 Å². The second kappa shape index (κ2) is 4.63. The maximum atomic E-state index is 13.9. The van der Waals surface area contributed by atoms with E-state index in [1.807, 2.05) is 30.3 Å². The minimum Gasteiger partial charge on any atom is -0.633 e. The summed E-state index contributed by atoms with van der Waals surface area (Å²) in [5.41, 5.74) is 0.541. The summed E-state index contributed by atoms with van der Waals surface area (Å²) >= 11 is 0. The highest BCUT2D eigenvalue weighted by atomic mass is 16.7. The predicted octanol–water partition coefficient (Wildman–Crippen LogP) is 2.00. The molecule has 27 heavy (non-hydrogen) atoms. The van der Waals surface area contributed by atoms with Crippen LogP contribution in [0.25, 0.3) is 0 Å². The summed E-state index contributed by atoms with van der Waals surface area (Å²) in [6.45, 7) is 5.24. The molecule has 1 spiro atoms. The Morgan fingerprint density at radius 2 is 2.22 bits per heavy atom. The molecular weight excluding hydrogens is 344 g/mol. The van der Waals surface area contributed by atoms with E-state index in [0.717, 1.165) is 17.7 Å². The number of hydrogen-bond acceptors (Lipinski definition) is 4. The summed E-state index contributed by atoms with van der Waals surface area (Å²) in [6, 6.07) is 7.68. The topological polar surface area (TPSA) is 61.8 Å². The van der Waals surface area contributed by atoms with Gasteiger partial charge in [0.25, 0.3) is 5.91 Å². The van der Waals surface area contributed by atoms with E-state index < -0.39 is 5.41 Å². The van der Waals surface area contributed by atoms with Gasteiger partial charge in [-0.25, -0.2) is 0 Å². The van der Waals surface area contributed by atoms with E-state index in [1.54, 1.807) is 7.05 Å². The fourth-order valence-electron chi connectivity index (χ4n) is 7.89. The van der Waals surface area contributed by atoms with Crippen LogP contribution in [-0.2, 0) is 19.8 Å². The number of amides is 1. The first-order chi connectivity index (χ1) is 12.9. The third-order valence-electron chi connectivity index (χ3n) is 8.41. The molecule has 4 fully saturated rings. The van der Waals surface area contributed by atoms with Crippen molar-refractivity contribution >= 4 is 11.6 Å². The van der Waals surface area contributed by atoms with Gasteiger partial charge in [-0.15, -0.1) is 6.58 Å². The molecule has 0 aromatic heterocycles. The highest BCUT2D eigenvalue weighted by Crippen LogP contribution is 2.75. The average molecular weight is 368 g/mol. The SMILES string of the molecule is C=C[C@]12C[N@@+](C)([O-])[C@@H]3[C@H]4CO[C@H](C[C@H]41)[C@]1(C(=O)N(OC)c4ccccc41)[C@@H]32. The molecule has 8 atom stereocenters. The maximum Gasteiger partial charge on any atom is 0.264 e. The highest BCUT2D eigenvalue weighted by Gasteiger charge is 2.84. The number of anilines is 1. The largest absolute Gasteiger partial charge is 0.633 e. The molecule has 6 nitrogen and oxygen atoms in total. The van der Waals surface area contributed by atoms with Crippen molar-refractivity contribution in [3.05, 3.63) is 47.7 Å². The van der Waals surface area contributed by atoms with Crippen LogP contribution in [0, 0.1) is 28.4 Å². The average Bonchev–Trinajstić information content (AvgIpc) is 3.08. The number of hydrogen-bond donors (Lipinski definition) is 0. The van der Waals surface area contributed by atoms with Crippen molar-refractivity contribution in [1.29, 1.82) is 0 Å². The lowest BCUT2D eigenvalue weighted by atomic mass is 9.51. The van der Waals surface area contributed by atoms with Crippen molar-refractivity contribution in [2.45, 2.75) is 24.0 Å². The van der Waals surface area contributed by atoms with Crippen LogP contribution < -0.4 is 5.06 Å². The smallest absolute Gasteiger partial charge is 0.264 e. The molecule has 0 radical (unpaired) electrons. The first-order valence-corrected chi connectivity index (χ1v) is 9.73. The molecule has 1 amide bonds. The summed E-state index contributed by atoms with van der Waals surface area (Å²) < 4.78 is 6.00. The maximum absolute atomic E-state index is 13.9. The van der Waals surface area contributed by atoms with Crippen molar-refractivity contribution in [3.8, 4) is 0 Å². The predicted molar refractivity (Wildman–Crippen MR) is 98.3 cm³/mol. The fraction of sp³-hybridized carbons (Fsp3) is 0.571. The Labute approximate surface area is 158 Å². The van der Waals surface area contributed by atoms with Gasteiger partial charge in [-0.1, -0.05) is 24.3 Å². The summed E-state index contributed by atoms with van der Waals surface area (Å²) in [7, 11) is 3.29. The van der Waals surface area contributed by atoms with Crippen LogP contribution in [-0.4, -0.2) is 50.0 Å². The third kappa shape index (κ3) is 1.44. The van der Waals surface area contributed by atoms with Crippen LogP contribution >= 0.6 is 0 Å². The van der Waals surface area contributed by atoms with Crippen molar-refractivity contribution in [2.24, 2.45) is 23.2 Å². The fourth-order valence-corrected chi connectivity index (χ4v) is 7.89. The molecular formula is C21H24N2O4. The van der Waals surface area contributed by atoms with Crippen LogP contribution in [0.4, 0.5) is 5.69 Å². The minimum atomic E-state index is -0.867. The second-order valence-electron chi connectivity index (χ2n) is 9.11. The molecule has 3 aliphatic heterocycles. The van der Waals surface area contributed by atoms with Gasteiger partial charge in [-0.2, -0.15) is 5.06 Å². The van der Waals surface area contributed by atoms with Crippen LogP contribution in [0.15, 0.2) is 36.9 Å². The molecule has 6 rings (SSSR count). The van der Waals surface area contributed by atoms with Gasteiger partial charge >= 0.3 is 0 Å². The van der Waals surface area contributed by atoms with Gasteiger partial charge in [0.05, 0.1) is 50.6 Å². The van der Waals surface area contributed by atoms with Crippen molar-refractivity contribution in [3.63, 3.8) is 0 Å². The molecule has 0 unspecified atom stereocenters. The highest BCUT2D eigenvalue weighted by molar-refractivity contribution is 6.08. The zero-order chi connectivity index (χ0) is 18.8. The van der Waals surface area contributed by atoms with E-state index >= 15 is 0 Å². The Morgan fingerprint density at radius 3 is 2.96 bits per heavy atom. The number of piperidine rings is 1. The lowest BCUT2D eigenvalue weighted by molar-refractivity contribution is -0.887. The van der Waals surface area contributed by atoms with Crippen molar-refractivity contribution in [1.82, 2.24) is 0 Å². The van der Waals surface area contributed by atoms with Gasteiger partial charge in [0.2, 0.25) is 0 Å². The Bertz CT molecular complexity index is 885. The molecule has 0 N–H and O–H groups in total. The summed E-state index contributed by atoms with van der Waals surface area (Å²) in [6.07, 6.45) is 2.60. The quantitative estimate of drug-likeness (QED) is 0.455. The van der Waals surface area contributed by atoms with Gasteiger partial charge in [0, 0.05) is 11.8 Å². The number of fused-ring (bicyclic) bond motifs is 5. The molecule has 5 bridgehead atoms. The number of carbonyl (C=O) groups excluding carboxylic acids is 1. The number of benzene rings is 1. The third-order valence-corrected chi connectivity index (χ3v) is 8.41. The molecule has 1 aromatic carbocycles. The molecule has 142 valence electrons. The number of para-hydroxylation sites is 1. The van der Waals surface area contributed by atoms with Crippen molar-refractivity contribution in [2.75, 3.05) is 32.4 Å². The Balaban J connectivity index is 1.69. The number of likely N-dealkylation sites (tertiary alicyclic amines) is 1. The molecule has 2 aliphatic carbocycles. The molecule has 2 saturated heterocycles. The lowest BCUT2D eigenvalue weighted by Gasteiger charge is -2.55. The Kier molecular flexibility index (Phi) is 2.79. The Hall–Kier alpha value is -1.73. The molecule has 6 heteroatoms. The first-order valence-electron chi connectivity index (χ1n) is 9.73. The van der Waals surface area contributed by atoms with E-state index in [-0.39, 0.29) is 40.0 Å². The zero-order valence-electron chi connectivity index (χ0n) is 15.6. The van der Waals surface area contributed by atoms with Gasteiger partial charge < -0.3 is 14.6 Å². The van der Waals surface area contributed by atoms with Gasteiger partial charge in [-0.3, -0.25) is 9.63 Å². The van der Waals surface area contributed by atoms with Crippen LogP contribution in [0.5, 0.6) is 0 Å². The van der Waals surface area contributed by atoms with Crippen LogP contribution in [0.3, 0.4) is 0 Å². The first kappa shape index (κ1) is 16.2. The zero-order valence-corrected chi connectivity index (χ0v) is 15.6. The summed E-state index contributed by atoms with van der Waals surface area (Å²) in [5, 5.41) is 15.0. The molecule has 1 aromatic rings.